The van der Waals surface area contributed by atoms with E-state index in [2.05, 4.69) is 0 Å². The van der Waals surface area contributed by atoms with Gasteiger partial charge in [-0.15, -0.1) is 11.8 Å². The van der Waals surface area contributed by atoms with E-state index in [9.17, 15) is 8.42 Å². The number of nitrogens with zero attached hydrogens (tertiary/aromatic N) is 1. The van der Waals surface area contributed by atoms with Crippen molar-refractivity contribution in [2.75, 3.05) is 25.4 Å². The van der Waals surface area contributed by atoms with Crippen LogP contribution in [0.3, 0.4) is 0 Å². The molecule has 0 N–H and O–H groups in total. The zero-order valence-electron chi connectivity index (χ0n) is 10.7. The first-order valence-electron chi connectivity index (χ1n) is 6.14. The summed E-state index contributed by atoms with van der Waals surface area (Å²) in [5, 5.41) is -0.311. The maximum atomic E-state index is 11.9. The summed E-state index contributed by atoms with van der Waals surface area (Å²) in [6.07, 6.45) is 1.31. The Bertz CT molecular complexity index is 374. The van der Waals surface area contributed by atoms with Gasteiger partial charge < -0.3 is 4.74 Å². The molecule has 0 saturated carbocycles. The number of sulfonamides is 1. The van der Waals surface area contributed by atoms with Crippen molar-refractivity contribution in [1.82, 2.24) is 4.31 Å². The van der Waals surface area contributed by atoms with Crippen LogP contribution in [0, 0.1) is 0 Å². The first-order valence-corrected chi connectivity index (χ1v) is 8.63. The summed E-state index contributed by atoms with van der Waals surface area (Å²) in [6.45, 7) is 7.57. The Morgan fingerprint density at radius 3 is 2.65 bits per heavy atom. The van der Waals surface area contributed by atoms with Crippen LogP contribution in [-0.2, 0) is 14.8 Å². The minimum atomic E-state index is -3.05. The maximum Gasteiger partial charge on any atom is 0.216 e. The van der Waals surface area contributed by atoms with Crippen molar-refractivity contribution in [3.8, 4) is 0 Å². The highest BCUT2D eigenvalue weighted by atomic mass is 32.2. The Morgan fingerprint density at radius 2 is 2.12 bits per heavy atom. The number of rotatable bonds is 4. The van der Waals surface area contributed by atoms with Crippen molar-refractivity contribution in [2.45, 2.75) is 43.3 Å². The van der Waals surface area contributed by atoms with E-state index < -0.39 is 10.0 Å². The SMILES string of the molecule is CCO[C@@H]1CSC2(C1)CN(S(=O)(=O)C(C)C)C2. The average molecular weight is 279 g/mol. The van der Waals surface area contributed by atoms with Gasteiger partial charge >= 0.3 is 0 Å². The zero-order valence-corrected chi connectivity index (χ0v) is 12.3. The molecule has 2 fully saturated rings. The highest BCUT2D eigenvalue weighted by molar-refractivity contribution is 8.01. The van der Waals surface area contributed by atoms with E-state index in [-0.39, 0.29) is 10.00 Å². The Balaban J connectivity index is 1.91. The van der Waals surface area contributed by atoms with Crippen molar-refractivity contribution in [3.63, 3.8) is 0 Å². The van der Waals surface area contributed by atoms with Gasteiger partial charge in [-0.2, -0.15) is 4.31 Å². The van der Waals surface area contributed by atoms with Crippen LogP contribution in [0.2, 0.25) is 0 Å². The van der Waals surface area contributed by atoms with Crippen molar-refractivity contribution in [2.24, 2.45) is 0 Å². The molecule has 100 valence electrons. The Labute approximate surface area is 108 Å². The molecule has 0 aromatic carbocycles. The fraction of sp³-hybridized carbons (Fsp3) is 1.00. The smallest absolute Gasteiger partial charge is 0.216 e. The molecule has 0 radical (unpaired) electrons. The van der Waals surface area contributed by atoms with Crippen molar-refractivity contribution >= 4 is 21.8 Å². The zero-order chi connectivity index (χ0) is 12.7. The minimum Gasteiger partial charge on any atom is -0.378 e. The van der Waals surface area contributed by atoms with E-state index in [1.165, 1.54) is 0 Å². The molecule has 0 bridgehead atoms. The number of ether oxygens (including phenoxy) is 1. The van der Waals surface area contributed by atoms with Gasteiger partial charge in [0.05, 0.1) is 11.4 Å². The third-order valence-electron chi connectivity index (χ3n) is 3.46. The second-order valence-corrected chi connectivity index (χ2v) is 9.11. The third-order valence-corrected chi connectivity index (χ3v) is 7.21. The van der Waals surface area contributed by atoms with Crippen LogP contribution in [0.25, 0.3) is 0 Å². The molecule has 0 unspecified atom stereocenters. The summed E-state index contributed by atoms with van der Waals surface area (Å²) in [6, 6.07) is 0. The van der Waals surface area contributed by atoms with Gasteiger partial charge in [0, 0.05) is 30.2 Å². The van der Waals surface area contributed by atoms with Crippen LogP contribution < -0.4 is 0 Å². The van der Waals surface area contributed by atoms with Crippen molar-refractivity contribution in [3.05, 3.63) is 0 Å². The molecule has 2 heterocycles. The third kappa shape index (κ3) is 2.50. The largest absolute Gasteiger partial charge is 0.378 e. The van der Waals surface area contributed by atoms with E-state index in [0.717, 1.165) is 18.8 Å². The summed E-state index contributed by atoms with van der Waals surface area (Å²) in [7, 11) is -3.05. The number of hydrogen-bond donors (Lipinski definition) is 0. The normalized spacial score (nSPS) is 28.8. The predicted octanol–water partition coefficient (Wildman–Crippen LogP) is 1.32. The molecule has 0 amide bonds. The predicted molar refractivity (Wildman–Crippen MR) is 70.8 cm³/mol. The Morgan fingerprint density at radius 1 is 1.47 bits per heavy atom. The number of thioether (sulfide) groups is 1. The van der Waals surface area contributed by atoms with Crippen LogP contribution >= 0.6 is 11.8 Å². The quantitative estimate of drug-likeness (QED) is 0.779. The van der Waals surface area contributed by atoms with Gasteiger partial charge in [0.2, 0.25) is 10.0 Å². The van der Waals surface area contributed by atoms with Crippen LogP contribution in [0.5, 0.6) is 0 Å². The maximum absolute atomic E-state index is 11.9. The second-order valence-electron chi connectivity index (χ2n) is 5.14. The minimum absolute atomic E-state index is 0.141. The van der Waals surface area contributed by atoms with Crippen molar-refractivity contribution in [1.29, 1.82) is 0 Å². The molecule has 17 heavy (non-hydrogen) atoms. The molecule has 6 heteroatoms. The van der Waals surface area contributed by atoms with Gasteiger partial charge in [-0.3, -0.25) is 0 Å². The summed E-state index contributed by atoms with van der Waals surface area (Å²) in [5.41, 5.74) is 0. The molecule has 1 atom stereocenters. The fourth-order valence-corrected chi connectivity index (χ4v) is 5.61. The standard InChI is InChI=1S/C11H21NO3S2/c1-4-15-10-5-11(16-6-10)7-12(8-11)17(13,14)9(2)3/h9-10H,4-8H2,1-3H3/t10-/m0/s1. The molecule has 0 aliphatic carbocycles. The van der Waals surface area contributed by atoms with Gasteiger partial charge in [-0.05, 0) is 27.2 Å². The molecule has 2 aliphatic heterocycles. The summed E-state index contributed by atoms with van der Waals surface area (Å²) in [5.74, 6) is 1.00. The van der Waals surface area contributed by atoms with Crippen LogP contribution in [0.15, 0.2) is 0 Å². The van der Waals surface area contributed by atoms with Crippen LogP contribution in [0.1, 0.15) is 27.2 Å². The average Bonchev–Trinajstić information content (AvgIpc) is 2.60. The monoisotopic (exact) mass is 279 g/mol. The lowest BCUT2D eigenvalue weighted by Gasteiger charge is -2.47. The van der Waals surface area contributed by atoms with Crippen molar-refractivity contribution < 1.29 is 13.2 Å². The lowest BCUT2D eigenvalue weighted by molar-refractivity contribution is 0.0597. The Hall–Kier alpha value is 0.220. The molecule has 0 aromatic heterocycles. The lowest BCUT2D eigenvalue weighted by Crippen LogP contribution is -2.61. The molecule has 2 saturated heterocycles. The molecule has 2 rings (SSSR count). The molecular weight excluding hydrogens is 258 g/mol. The van der Waals surface area contributed by atoms with Gasteiger partial charge in [0.15, 0.2) is 0 Å². The summed E-state index contributed by atoms with van der Waals surface area (Å²) < 4.78 is 31.3. The Kier molecular flexibility index (Phi) is 3.79. The van der Waals surface area contributed by atoms with Crippen LogP contribution in [-0.4, -0.2) is 54.3 Å². The van der Waals surface area contributed by atoms with E-state index >= 15 is 0 Å². The first kappa shape index (κ1) is 13.6. The first-order chi connectivity index (χ1) is 7.89. The molecule has 1 spiro atoms. The van der Waals surface area contributed by atoms with E-state index in [1.54, 1.807) is 18.2 Å². The molecule has 4 nitrogen and oxygen atoms in total. The van der Waals surface area contributed by atoms with Gasteiger partial charge in [0.1, 0.15) is 0 Å². The van der Waals surface area contributed by atoms with Gasteiger partial charge in [-0.1, -0.05) is 0 Å². The van der Waals surface area contributed by atoms with E-state index in [1.807, 2.05) is 18.7 Å². The summed E-state index contributed by atoms with van der Waals surface area (Å²) in [4.78, 5) is 0. The molecule has 0 aromatic rings. The lowest BCUT2D eigenvalue weighted by atomic mass is 9.95. The molecule has 2 aliphatic rings. The van der Waals surface area contributed by atoms with Gasteiger partial charge in [0.25, 0.3) is 0 Å². The summed E-state index contributed by atoms with van der Waals surface area (Å²) >= 11 is 1.88. The number of hydrogen-bond acceptors (Lipinski definition) is 4. The second kappa shape index (κ2) is 4.72. The topological polar surface area (TPSA) is 46.6 Å². The van der Waals surface area contributed by atoms with E-state index in [4.69, 9.17) is 4.74 Å². The highest BCUT2D eigenvalue weighted by Crippen LogP contribution is 2.47. The van der Waals surface area contributed by atoms with E-state index in [0.29, 0.717) is 19.2 Å². The molecular formula is C11H21NO3S2. The van der Waals surface area contributed by atoms with Crippen LogP contribution in [0.4, 0.5) is 0 Å². The fourth-order valence-electron chi connectivity index (χ4n) is 2.44. The van der Waals surface area contributed by atoms with Gasteiger partial charge in [-0.25, -0.2) is 8.42 Å². The highest BCUT2D eigenvalue weighted by Gasteiger charge is 2.53.